The summed E-state index contributed by atoms with van der Waals surface area (Å²) in [5.41, 5.74) is 0. The summed E-state index contributed by atoms with van der Waals surface area (Å²) >= 11 is 0. The molecule has 0 aliphatic heterocycles. The summed E-state index contributed by atoms with van der Waals surface area (Å²) in [6, 6.07) is 0. The summed E-state index contributed by atoms with van der Waals surface area (Å²) in [7, 11) is 0. The third-order valence-electron chi connectivity index (χ3n) is 3.52. The van der Waals surface area contributed by atoms with E-state index in [0.717, 1.165) is 12.8 Å². The summed E-state index contributed by atoms with van der Waals surface area (Å²) in [4.78, 5) is 22.2. The molecule has 1 aliphatic rings. The van der Waals surface area contributed by atoms with E-state index in [1.807, 2.05) is 0 Å². The van der Waals surface area contributed by atoms with Crippen LogP contribution in [0.25, 0.3) is 0 Å². The molecule has 1 aliphatic carbocycles. The lowest BCUT2D eigenvalue weighted by atomic mass is 9.82. The highest BCUT2D eigenvalue weighted by atomic mass is 19.4. The van der Waals surface area contributed by atoms with Crippen LogP contribution in [0.1, 0.15) is 32.1 Å². The van der Waals surface area contributed by atoms with Gasteiger partial charge in [-0.05, 0) is 31.6 Å². The summed E-state index contributed by atoms with van der Waals surface area (Å²) in [5.74, 6) is -1.19. The molecule has 122 valence electrons. The van der Waals surface area contributed by atoms with Gasteiger partial charge in [-0.15, -0.1) is 0 Å². The van der Waals surface area contributed by atoms with Crippen LogP contribution in [0.3, 0.4) is 0 Å². The van der Waals surface area contributed by atoms with Gasteiger partial charge in [-0.2, -0.15) is 13.2 Å². The summed E-state index contributed by atoms with van der Waals surface area (Å²) in [5, 5.41) is 11.5. The molecule has 1 amide bonds. The average molecular weight is 311 g/mol. The van der Waals surface area contributed by atoms with Gasteiger partial charge in [0.05, 0.1) is 12.5 Å². The van der Waals surface area contributed by atoms with Gasteiger partial charge in [-0.25, -0.2) is 0 Å². The molecule has 5 nitrogen and oxygen atoms in total. The second kappa shape index (κ2) is 8.21. The maximum absolute atomic E-state index is 11.8. The first-order valence-corrected chi connectivity index (χ1v) is 6.92. The molecule has 0 radical (unpaired) electrons. The molecule has 0 aromatic rings. The van der Waals surface area contributed by atoms with Crippen LogP contribution in [0.15, 0.2) is 0 Å². The van der Waals surface area contributed by atoms with Crippen molar-refractivity contribution < 1.29 is 32.6 Å². The van der Waals surface area contributed by atoms with Gasteiger partial charge < -0.3 is 15.2 Å². The molecule has 21 heavy (non-hydrogen) atoms. The number of rotatable bonds is 7. The van der Waals surface area contributed by atoms with E-state index in [1.165, 1.54) is 0 Å². The minimum absolute atomic E-state index is 0.111. The highest BCUT2D eigenvalue weighted by Gasteiger charge is 2.28. The molecule has 1 rings (SSSR count). The minimum Gasteiger partial charge on any atom is -0.481 e. The fraction of sp³-hybridized carbons (Fsp3) is 0.846. The molecule has 0 heterocycles. The van der Waals surface area contributed by atoms with E-state index in [0.29, 0.717) is 19.4 Å². The molecule has 0 aromatic heterocycles. The number of nitrogens with one attached hydrogen (secondary N) is 1. The molecule has 1 fully saturated rings. The monoisotopic (exact) mass is 311 g/mol. The van der Waals surface area contributed by atoms with Crippen LogP contribution in [0.4, 0.5) is 13.2 Å². The van der Waals surface area contributed by atoms with E-state index in [1.54, 1.807) is 0 Å². The Labute approximate surface area is 120 Å². The van der Waals surface area contributed by atoms with Gasteiger partial charge in [0.25, 0.3) is 0 Å². The van der Waals surface area contributed by atoms with E-state index >= 15 is 0 Å². The molecule has 1 saturated carbocycles. The molecule has 2 N–H and O–H groups in total. The Kier molecular flexibility index (Phi) is 6.94. The molecular weight excluding hydrogens is 291 g/mol. The quantitative estimate of drug-likeness (QED) is 0.705. The Hall–Kier alpha value is -1.31. The minimum atomic E-state index is -4.38. The number of hydrogen-bond acceptors (Lipinski definition) is 3. The van der Waals surface area contributed by atoms with Crippen molar-refractivity contribution in [2.75, 3.05) is 19.8 Å². The van der Waals surface area contributed by atoms with E-state index in [-0.39, 0.29) is 30.8 Å². The van der Waals surface area contributed by atoms with Crippen LogP contribution in [-0.4, -0.2) is 42.9 Å². The highest BCUT2D eigenvalue weighted by molar-refractivity contribution is 5.75. The van der Waals surface area contributed by atoms with Crippen LogP contribution < -0.4 is 5.32 Å². The zero-order valence-electron chi connectivity index (χ0n) is 11.6. The maximum Gasteiger partial charge on any atom is 0.411 e. The van der Waals surface area contributed by atoms with Crippen LogP contribution in [0.5, 0.6) is 0 Å². The first-order valence-electron chi connectivity index (χ1n) is 6.92. The Morgan fingerprint density at radius 3 is 2.33 bits per heavy atom. The van der Waals surface area contributed by atoms with Gasteiger partial charge >= 0.3 is 12.1 Å². The van der Waals surface area contributed by atoms with E-state index < -0.39 is 18.8 Å². The van der Waals surface area contributed by atoms with Gasteiger partial charge in [-0.3, -0.25) is 9.59 Å². The number of amides is 1. The van der Waals surface area contributed by atoms with Crippen molar-refractivity contribution in [3.63, 3.8) is 0 Å². The van der Waals surface area contributed by atoms with E-state index in [9.17, 15) is 22.8 Å². The van der Waals surface area contributed by atoms with Crippen molar-refractivity contribution in [2.45, 2.75) is 38.3 Å². The second-order valence-electron chi connectivity index (χ2n) is 5.28. The fourth-order valence-electron chi connectivity index (χ4n) is 2.31. The summed E-state index contributed by atoms with van der Waals surface area (Å²) in [6.45, 7) is -1.18. The summed E-state index contributed by atoms with van der Waals surface area (Å²) < 4.78 is 39.7. The maximum atomic E-state index is 11.8. The predicted octanol–water partition coefficient (Wildman–Crippen LogP) is 1.96. The Bertz CT molecular complexity index is 352. The lowest BCUT2D eigenvalue weighted by Crippen LogP contribution is -2.33. The highest BCUT2D eigenvalue weighted by Crippen LogP contribution is 2.28. The molecular formula is C13H20F3NO4. The van der Waals surface area contributed by atoms with Crippen molar-refractivity contribution in [2.24, 2.45) is 11.8 Å². The zero-order valence-corrected chi connectivity index (χ0v) is 11.6. The van der Waals surface area contributed by atoms with Crippen molar-refractivity contribution in [1.29, 1.82) is 0 Å². The molecule has 0 bridgehead atoms. The number of hydrogen-bond donors (Lipinski definition) is 2. The standard InChI is InChI=1S/C13H20F3NO4/c14-13(15,16)8-21-6-5-11(18)17-7-9-1-3-10(4-2-9)12(19)20/h9-10H,1-8H2,(H,17,18)(H,19,20). The molecule has 8 heteroatoms. The third-order valence-corrected chi connectivity index (χ3v) is 3.52. The van der Waals surface area contributed by atoms with Gasteiger partial charge in [-0.1, -0.05) is 0 Å². The lowest BCUT2D eigenvalue weighted by molar-refractivity contribution is -0.174. The number of carboxylic acids is 1. The van der Waals surface area contributed by atoms with Gasteiger partial charge in [0.15, 0.2) is 0 Å². The number of halogens is 3. The average Bonchev–Trinajstić information content (AvgIpc) is 2.41. The van der Waals surface area contributed by atoms with E-state index in [4.69, 9.17) is 5.11 Å². The third kappa shape index (κ3) is 7.89. The first-order chi connectivity index (χ1) is 9.78. The number of aliphatic carboxylic acids is 1. The number of carbonyl (C=O) groups is 2. The Morgan fingerprint density at radius 2 is 1.81 bits per heavy atom. The topological polar surface area (TPSA) is 75.6 Å². The SMILES string of the molecule is O=C(CCOCC(F)(F)F)NCC1CCC(C(=O)O)CC1. The molecule has 0 spiro atoms. The first kappa shape index (κ1) is 17.7. The predicted molar refractivity (Wildman–Crippen MR) is 67.6 cm³/mol. The molecule has 0 saturated heterocycles. The molecule has 0 aromatic carbocycles. The number of carbonyl (C=O) groups excluding carboxylic acids is 1. The Morgan fingerprint density at radius 1 is 1.19 bits per heavy atom. The van der Waals surface area contributed by atoms with Crippen LogP contribution in [0, 0.1) is 11.8 Å². The Balaban J connectivity index is 2.07. The van der Waals surface area contributed by atoms with Crippen molar-refractivity contribution in [3.8, 4) is 0 Å². The second-order valence-corrected chi connectivity index (χ2v) is 5.28. The van der Waals surface area contributed by atoms with E-state index in [2.05, 4.69) is 10.1 Å². The number of ether oxygens (including phenoxy) is 1. The van der Waals surface area contributed by atoms with Crippen LogP contribution >= 0.6 is 0 Å². The molecule has 0 unspecified atom stereocenters. The fourth-order valence-corrected chi connectivity index (χ4v) is 2.31. The molecule has 0 atom stereocenters. The smallest absolute Gasteiger partial charge is 0.411 e. The van der Waals surface area contributed by atoms with Crippen LogP contribution in [0.2, 0.25) is 0 Å². The number of alkyl halides is 3. The van der Waals surface area contributed by atoms with Crippen molar-refractivity contribution >= 4 is 11.9 Å². The van der Waals surface area contributed by atoms with Gasteiger partial charge in [0.2, 0.25) is 5.91 Å². The van der Waals surface area contributed by atoms with Gasteiger partial charge in [0, 0.05) is 13.0 Å². The number of carboxylic acid groups (broad SMARTS) is 1. The largest absolute Gasteiger partial charge is 0.481 e. The van der Waals surface area contributed by atoms with Crippen molar-refractivity contribution in [3.05, 3.63) is 0 Å². The lowest BCUT2D eigenvalue weighted by Gasteiger charge is -2.26. The van der Waals surface area contributed by atoms with Gasteiger partial charge in [0.1, 0.15) is 6.61 Å². The van der Waals surface area contributed by atoms with Crippen molar-refractivity contribution in [1.82, 2.24) is 5.32 Å². The normalized spacial score (nSPS) is 22.8. The van der Waals surface area contributed by atoms with Crippen LogP contribution in [-0.2, 0) is 14.3 Å². The summed E-state index contributed by atoms with van der Waals surface area (Å²) in [6.07, 6.45) is -1.81. The zero-order chi connectivity index (χ0) is 15.9.